The van der Waals surface area contributed by atoms with Gasteiger partial charge in [0.1, 0.15) is 5.60 Å². The second-order valence-corrected chi connectivity index (χ2v) is 5.71. The Morgan fingerprint density at radius 1 is 1.18 bits per heavy atom. The Morgan fingerprint density at radius 3 is 2.27 bits per heavy atom. The minimum Gasteiger partial charge on any atom is -0.444 e. The molecule has 0 spiro atoms. The summed E-state index contributed by atoms with van der Waals surface area (Å²) in [6.07, 6.45) is 5.03. The average molecular weight is 303 g/mol. The van der Waals surface area contributed by atoms with Gasteiger partial charge < -0.3 is 10.1 Å². The van der Waals surface area contributed by atoms with E-state index in [0.29, 0.717) is 42.2 Å². The molecule has 5 heteroatoms. The van der Waals surface area contributed by atoms with Crippen molar-refractivity contribution in [1.29, 1.82) is 0 Å². The molecule has 0 aliphatic heterocycles. The van der Waals surface area contributed by atoms with Gasteiger partial charge in [-0.25, -0.2) is 4.79 Å². The molecule has 0 aromatic heterocycles. The van der Waals surface area contributed by atoms with Crippen LogP contribution in [-0.2, 0) is 4.74 Å². The number of nitrogens with one attached hydrogen (secondary N) is 1. The van der Waals surface area contributed by atoms with E-state index in [0.717, 1.165) is 0 Å². The lowest BCUT2D eigenvalue weighted by atomic mass is 10.0. The van der Waals surface area contributed by atoms with E-state index in [1.807, 2.05) is 0 Å². The summed E-state index contributed by atoms with van der Waals surface area (Å²) in [5.41, 5.74) is 0.980. The van der Waals surface area contributed by atoms with Crippen molar-refractivity contribution in [1.82, 2.24) is 5.32 Å². The fourth-order valence-electron chi connectivity index (χ4n) is 1.77. The van der Waals surface area contributed by atoms with Crippen molar-refractivity contribution in [3.63, 3.8) is 0 Å². The molecule has 0 aliphatic carbocycles. The zero-order valence-corrected chi connectivity index (χ0v) is 13.1. The number of carbonyl (C=O) groups excluding carboxylic acids is 3. The van der Waals surface area contributed by atoms with Crippen molar-refractivity contribution < 1.29 is 19.1 Å². The Bertz CT molecular complexity index is 544. The van der Waals surface area contributed by atoms with Crippen LogP contribution in [0.15, 0.2) is 24.3 Å². The number of hydrogen-bond acceptors (Lipinski definition) is 4. The highest BCUT2D eigenvalue weighted by molar-refractivity contribution is 5.90. The second kappa shape index (κ2) is 8.12. The third-order valence-corrected chi connectivity index (χ3v) is 2.69. The molecule has 22 heavy (non-hydrogen) atoms. The number of ether oxygens (including phenoxy) is 1. The fraction of sp³-hybridized carbons (Fsp3) is 0.353. The summed E-state index contributed by atoms with van der Waals surface area (Å²) >= 11 is 0. The average Bonchev–Trinajstić information content (AvgIpc) is 2.44. The molecule has 0 saturated carbocycles. The predicted octanol–water partition coefficient (Wildman–Crippen LogP) is 3.24. The van der Waals surface area contributed by atoms with Crippen molar-refractivity contribution >= 4 is 24.7 Å². The van der Waals surface area contributed by atoms with E-state index in [2.05, 4.69) is 5.32 Å². The summed E-state index contributed by atoms with van der Waals surface area (Å²) in [4.78, 5) is 33.4. The fourth-order valence-corrected chi connectivity index (χ4v) is 1.77. The molecule has 1 aromatic carbocycles. The Labute approximate surface area is 130 Å². The van der Waals surface area contributed by atoms with Gasteiger partial charge >= 0.3 is 6.09 Å². The quantitative estimate of drug-likeness (QED) is 0.647. The molecule has 0 fully saturated rings. The molecular weight excluding hydrogens is 282 g/mol. The number of aldehydes is 2. The summed E-state index contributed by atoms with van der Waals surface area (Å²) in [7, 11) is 0. The maximum absolute atomic E-state index is 11.4. The van der Waals surface area contributed by atoms with Crippen LogP contribution >= 0.6 is 0 Å². The Kier molecular flexibility index (Phi) is 6.50. The lowest BCUT2D eigenvalue weighted by Crippen LogP contribution is -2.32. The van der Waals surface area contributed by atoms with Crippen LogP contribution < -0.4 is 5.32 Å². The Balaban J connectivity index is 2.55. The van der Waals surface area contributed by atoms with Gasteiger partial charge in [-0.3, -0.25) is 9.59 Å². The van der Waals surface area contributed by atoms with Gasteiger partial charge in [0, 0.05) is 17.7 Å². The van der Waals surface area contributed by atoms with Gasteiger partial charge in [-0.1, -0.05) is 30.4 Å². The summed E-state index contributed by atoms with van der Waals surface area (Å²) < 4.78 is 5.11. The lowest BCUT2D eigenvalue weighted by molar-refractivity contribution is 0.0528. The van der Waals surface area contributed by atoms with Crippen LogP contribution in [-0.4, -0.2) is 30.8 Å². The zero-order valence-electron chi connectivity index (χ0n) is 13.1. The lowest BCUT2D eigenvalue weighted by Gasteiger charge is -2.19. The second-order valence-electron chi connectivity index (χ2n) is 5.71. The maximum atomic E-state index is 11.4. The molecule has 1 rings (SSSR count). The number of hydrogen-bond donors (Lipinski definition) is 1. The molecule has 0 unspecified atom stereocenters. The highest BCUT2D eigenvalue weighted by Crippen LogP contribution is 2.14. The standard InChI is InChI=1S/C17H21NO4/c1-17(2,3)22-16(21)18-10-5-4-9-15-13(11-19)7-6-8-14(15)12-20/h4,6-9,11-12H,5,10H2,1-3H3,(H,18,21). The van der Waals surface area contributed by atoms with E-state index in [1.165, 1.54) is 0 Å². The van der Waals surface area contributed by atoms with E-state index >= 15 is 0 Å². The first kappa shape index (κ1) is 17.6. The van der Waals surface area contributed by atoms with Crippen LogP contribution in [0, 0.1) is 0 Å². The van der Waals surface area contributed by atoms with Crippen LogP contribution in [0.2, 0.25) is 0 Å². The first-order chi connectivity index (χ1) is 10.4. The van der Waals surface area contributed by atoms with E-state index in [9.17, 15) is 14.4 Å². The van der Waals surface area contributed by atoms with Crippen LogP contribution in [0.1, 0.15) is 53.5 Å². The molecular formula is C17H21NO4. The molecule has 0 aliphatic rings. The summed E-state index contributed by atoms with van der Waals surface area (Å²) in [5, 5.41) is 2.63. The Morgan fingerprint density at radius 2 is 1.77 bits per heavy atom. The van der Waals surface area contributed by atoms with Gasteiger partial charge in [0.15, 0.2) is 12.6 Å². The molecule has 0 heterocycles. The van der Waals surface area contributed by atoms with Crippen molar-refractivity contribution in [2.24, 2.45) is 0 Å². The summed E-state index contributed by atoms with van der Waals surface area (Å²) in [6, 6.07) is 4.96. The molecule has 118 valence electrons. The third-order valence-electron chi connectivity index (χ3n) is 2.69. The highest BCUT2D eigenvalue weighted by Gasteiger charge is 2.15. The molecule has 0 atom stereocenters. The molecule has 1 N–H and O–H groups in total. The predicted molar refractivity (Wildman–Crippen MR) is 85.1 cm³/mol. The van der Waals surface area contributed by atoms with Gasteiger partial charge in [-0.2, -0.15) is 0 Å². The van der Waals surface area contributed by atoms with Gasteiger partial charge in [0.2, 0.25) is 0 Å². The molecule has 0 bridgehead atoms. The summed E-state index contributed by atoms with van der Waals surface area (Å²) in [6.45, 7) is 5.79. The van der Waals surface area contributed by atoms with Gasteiger partial charge in [-0.15, -0.1) is 0 Å². The SMILES string of the molecule is CC(C)(C)OC(=O)NCCC=Cc1c(C=O)cccc1C=O. The molecule has 0 radical (unpaired) electrons. The van der Waals surface area contributed by atoms with E-state index < -0.39 is 11.7 Å². The normalized spacial score (nSPS) is 11.2. The third kappa shape index (κ3) is 5.91. The summed E-state index contributed by atoms with van der Waals surface area (Å²) in [5.74, 6) is 0. The van der Waals surface area contributed by atoms with Crippen LogP contribution in [0.3, 0.4) is 0 Å². The molecule has 5 nitrogen and oxygen atoms in total. The van der Waals surface area contributed by atoms with Crippen molar-refractivity contribution in [3.05, 3.63) is 41.0 Å². The number of amides is 1. The number of benzene rings is 1. The first-order valence-corrected chi connectivity index (χ1v) is 7.04. The van der Waals surface area contributed by atoms with Crippen LogP contribution in [0.25, 0.3) is 6.08 Å². The van der Waals surface area contributed by atoms with Crippen LogP contribution in [0.5, 0.6) is 0 Å². The van der Waals surface area contributed by atoms with E-state index in [4.69, 9.17) is 4.74 Å². The van der Waals surface area contributed by atoms with Gasteiger partial charge in [-0.05, 0) is 32.8 Å². The Hall–Kier alpha value is -2.43. The van der Waals surface area contributed by atoms with Crippen molar-refractivity contribution in [2.75, 3.05) is 6.54 Å². The number of alkyl carbamates (subject to hydrolysis) is 1. The van der Waals surface area contributed by atoms with Gasteiger partial charge in [0.25, 0.3) is 0 Å². The maximum Gasteiger partial charge on any atom is 0.407 e. The minimum absolute atomic E-state index is 0.408. The smallest absolute Gasteiger partial charge is 0.407 e. The molecule has 0 saturated heterocycles. The monoisotopic (exact) mass is 303 g/mol. The molecule has 1 amide bonds. The minimum atomic E-state index is -0.526. The topological polar surface area (TPSA) is 72.5 Å². The molecule has 1 aromatic rings. The zero-order chi connectivity index (χ0) is 16.6. The largest absolute Gasteiger partial charge is 0.444 e. The van der Waals surface area contributed by atoms with Gasteiger partial charge in [0.05, 0.1) is 0 Å². The number of carbonyl (C=O) groups is 3. The van der Waals surface area contributed by atoms with Crippen molar-refractivity contribution in [3.8, 4) is 0 Å². The van der Waals surface area contributed by atoms with E-state index in [-0.39, 0.29) is 0 Å². The highest BCUT2D eigenvalue weighted by atomic mass is 16.6. The van der Waals surface area contributed by atoms with Crippen molar-refractivity contribution in [2.45, 2.75) is 32.8 Å². The first-order valence-electron chi connectivity index (χ1n) is 7.04. The van der Waals surface area contributed by atoms with E-state index in [1.54, 1.807) is 51.1 Å². The van der Waals surface area contributed by atoms with Crippen LogP contribution in [0.4, 0.5) is 4.79 Å². The number of rotatable bonds is 6.